The topological polar surface area (TPSA) is 82.6 Å². The molecule has 5 rings (SSSR count). The lowest BCUT2D eigenvalue weighted by atomic mass is 9.94. The normalized spacial score (nSPS) is 20.9. The molecule has 2 heterocycles. The average molecular weight is 445 g/mol. The highest BCUT2D eigenvalue weighted by Gasteiger charge is 2.49. The lowest BCUT2D eigenvalue weighted by Gasteiger charge is -2.31. The number of aliphatic hydroxyl groups excluding tert-OH is 1. The second-order valence-corrected chi connectivity index (χ2v) is 9.13. The quantitative estimate of drug-likeness (QED) is 0.317. The third-order valence-corrected chi connectivity index (χ3v) is 6.59. The number of Topliss-reactive ketones (excluding diaryl/α,β-unsaturated/α-hetero) is 1. The van der Waals surface area contributed by atoms with Crippen molar-refractivity contribution in [3.05, 3.63) is 71.4 Å². The maximum atomic E-state index is 13.3. The van der Waals surface area contributed by atoms with E-state index in [4.69, 9.17) is 4.74 Å². The van der Waals surface area contributed by atoms with Gasteiger partial charge in [-0.15, -0.1) is 0 Å². The van der Waals surface area contributed by atoms with E-state index in [1.54, 1.807) is 11.1 Å². The minimum absolute atomic E-state index is 0.00679. The highest BCUT2D eigenvalue weighted by molar-refractivity contribution is 6.46. The van der Waals surface area contributed by atoms with Crippen LogP contribution < -0.4 is 4.74 Å². The minimum atomic E-state index is -0.655. The Balaban J connectivity index is 1.69. The van der Waals surface area contributed by atoms with Crippen LogP contribution in [0.5, 0.6) is 5.75 Å². The minimum Gasteiger partial charge on any atom is -0.507 e. The summed E-state index contributed by atoms with van der Waals surface area (Å²) >= 11 is 0. The first-order valence-electron chi connectivity index (χ1n) is 11.6. The van der Waals surface area contributed by atoms with Crippen LogP contribution in [0.1, 0.15) is 56.7 Å². The number of rotatable bonds is 5. The Morgan fingerprint density at radius 3 is 2.61 bits per heavy atom. The maximum absolute atomic E-state index is 13.3. The van der Waals surface area contributed by atoms with Crippen molar-refractivity contribution in [1.29, 1.82) is 0 Å². The number of nitrogens with zero attached hydrogens (tertiary/aromatic N) is 1. The molecule has 1 amide bonds. The van der Waals surface area contributed by atoms with Crippen LogP contribution in [0.15, 0.2) is 60.3 Å². The molecule has 0 spiro atoms. The van der Waals surface area contributed by atoms with E-state index in [-0.39, 0.29) is 23.5 Å². The molecule has 0 radical (unpaired) electrons. The fourth-order valence-electron chi connectivity index (χ4n) is 5.18. The summed E-state index contributed by atoms with van der Waals surface area (Å²) in [7, 11) is 0. The van der Waals surface area contributed by atoms with Crippen LogP contribution in [0.3, 0.4) is 0 Å². The molecule has 2 aromatic carbocycles. The predicted molar refractivity (Wildman–Crippen MR) is 127 cm³/mol. The van der Waals surface area contributed by atoms with Crippen molar-refractivity contribution in [2.24, 2.45) is 0 Å². The molecule has 1 aliphatic carbocycles. The van der Waals surface area contributed by atoms with Crippen molar-refractivity contribution in [3.8, 4) is 5.75 Å². The van der Waals surface area contributed by atoms with Gasteiger partial charge in [0.15, 0.2) is 0 Å². The number of para-hydroxylation sites is 1. The number of likely N-dealkylation sites (tertiary alicyclic amines) is 1. The van der Waals surface area contributed by atoms with Gasteiger partial charge in [-0.3, -0.25) is 9.59 Å². The molecule has 2 aliphatic rings. The number of aromatic amines is 1. The van der Waals surface area contributed by atoms with Crippen LogP contribution >= 0.6 is 0 Å². The summed E-state index contributed by atoms with van der Waals surface area (Å²) in [5.74, 6) is -0.647. The van der Waals surface area contributed by atoms with Crippen molar-refractivity contribution in [3.63, 3.8) is 0 Å². The monoisotopic (exact) mass is 444 g/mol. The standard InChI is InChI=1S/C27H28N2O4/c1-16(2)33-19-11-7-8-17(14-19)24-23(26(31)27(32)29(24)18-9-3-4-10-18)25(30)21-15-28-22-13-6-5-12-20(21)22/h5-8,11-16,18,24,28,30H,3-4,9-10H2,1-2H3/b25-23-. The molecule has 2 fully saturated rings. The predicted octanol–water partition coefficient (Wildman–Crippen LogP) is 5.32. The Labute approximate surface area is 192 Å². The summed E-state index contributed by atoms with van der Waals surface area (Å²) < 4.78 is 5.88. The Morgan fingerprint density at radius 1 is 1.09 bits per heavy atom. The van der Waals surface area contributed by atoms with Gasteiger partial charge in [-0.1, -0.05) is 43.2 Å². The van der Waals surface area contributed by atoms with Crippen molar-refractivity contribution in [1.82, 2.24) is 9.88 Å². The molecule has 1 saturated carbocycles. The largest absolute Gasteiger partial charge is 0.507 e. The van der Waals surface area contributed by atoms with Gasteiger partial charge in [-0.2, -0.15) is 0 Å². The van der Waals surface area contributed by atoms with Crippen LogP contribution in [-0.2, 0) is 9.59 Å². The van der Waals surface area contributed by atoms with Gasteiger partial charge in [-0.25, -0.2) is 0 Å². The molecule has 1 aromatic heterocycles. The second kappa shape index (κ2) is 8.43. The molecule has 3 aromatic rings. The summed E-state index contributed by atoms with van der Waals surface area (Å²) in [6, 6.07) is 14.4. The molecule has 33 heavy (non-hydrogen) atoms. The molecule has 1 atom stereocenters. The van der Waals surface area contributed by atoms with Crippen molar-refractivity contribution < 1.29 is 19.4 Å². The van der Waals surface area contributed by atoms with Gasteiger partial charge in [0.25, 0.3) is 11.7 Å². The van der Waals surface area contributed by atoms with E-state index in [1.165, 1.54) is 0 Å². The van der Waals surface area contributed by atoms with Gasteiger partial charge in [0.2, 0.25) is 0 Å². The van der Waals surface area contributed by atoms with Gasteiger partial charge >= 0.3 is 0 Å². The van der Waals surface area contributed by atoms with E-state index < -0.39 is 17.7 Å². The maximum Gasteiger partial charge on any atom is 0.295 e. The Kier molecular flexibility index (Phi) is 5.44. The number of carbonyl (C=O) groups is 2. The average Bonchev–Trinajstić information content (AvgIpc) is 3.52. The number of H-pyrrole nitrogens is 1. The van der Waals surface area contributed by atoms with Crippen LogP contribution in [0.4, 0.5) is 0 Å². The van der Waals surface area contributed by atoms with Crippen molar-refractivity contribution >= 4 is 28.4 Å². The number of fused-ring (bicyclic) bond motifs is 1. The Bertz CT molecular complexity index is 1250. The van der Waals surface area contributed by atoms with Gasteiger partial charge in [-0.05, 0) is 50.5 Å². The lowest BCUT2D eigenvalue weighted by molar-refractivity contribution is -0.141. The van der Waals surface area contributed by atoms with E-state index in [0.29, 0.717) is 11.3 Å². The molecule has 1 saturated heterocycles. The van der Waals surface area contributed by atoms with Crippen LogP contribution in [0.2, 0.25) is 0 Å². The van der Waals surface area contributed by atoms with Crippen molar-refractivity contribution in [2.75, 3.05) is 0 Å². The van der Waals surface area contributed by atoms with E-state index in [1.807, 2.05) is 62.4 Å². The Morgan fingerprint density at radius 2 is 1.85 bits per heavy atom. The third kappa shape index (κ3) is 3.69. The van der Waals surface area contributed by atoms with Crippen LogP contribution in [0.25, 0.3) is 16.7 Å². The third-order valence-electron chi connectivity index (χ3n) is 6.59. The number of hydrogen-bond acceptors (Lipinski definition) is 4. The zero-order chi connectivity index (χ0) is 23.1. The zero-order valence-electron chi connectivity index (χ0n) is 18.9. The van der Waals surface area contributed by atoms with E-state index in [0.717, 1.165) is 42.1 Å². The summed E-state index contributed by atoms with van der Waals surface area (Å²) in [6.45, 7) is 3.91. The number of ether oxygens (including phenoxy) is 1. The SMILES string of the molecule is CC(C)Oc1cccc(C2/C(=C(/O)c3c[nH]c4ccccc34)C(=O)C(=O)N2C2CCCC2)c1. The number of aromatic nitrogens is 1. The highest BCUT2D eigenvalue weighted by atomic mass is 16.5. The van der Waals surface area contributed by atoms with Gasteiger partial charge < -0.3 is 19.7 Å². The number of hydrogen-bond donors (Lipinski definition) is 2. The first kappa shape index (κ1) is 21.3. The molecular weight excluding hydrogens is 416 g/mol. The number of benzene rings is 2. The smallest absolute Gasteiger partial charge is 0.295 e. The fraction of sp³-hybridized carbons (Fsp3) is 0.333. The fourth-order valence-corrected chi connectivity index (χ4v) is 5.18. The number of amides is 1. The summed E-state index contributed by atoms with van der Waals surface area (Å²) in [4.78, 5) is 31.5. The lowest BCUT2D eigenvalue weighted by Crippen LogP contribution is -2.37. The molecule has 6 heteroatoms. The second-order valence-electron chi connectivity index (χ2n) is 9.13. The summed E-state index contributed by atoms with van der Waals surface area (Å²) in [5.41, 5.74) is 2.28. The molecule has 6 nitrogen and oxygen atoms in total. The van der Waals surface area contributed by atoms with E-state index in [2.05, 4.69) is 4.98 Å². The number of carbonyl (C=O) groups excluding carboxylic acids is 2. The van der Waals surface area contributed by atoms with E-state index >= 15 is 0 Å². The molecular formula is C27H28N2O4. The first-order valence-corrected chi connectivity index (χ1v) is 11.6. The number of ketones is 1. The number of aliphatic hydroxyl groups is 1. The summed E-state index contributed by atoms with van der Waals surface area (Å²) in [6.07, 6.45) is 5.46. The zero-order valence-corrected chi connectivity index (χ0v) is 18.9. The molecule has 1 unspecified atom stereocenters. The van der Waals surface area contributed by atoms with Gasteiger partial charge in [0.1, 0.15) is 11.5 Å². The van der Waals surface area contributed by atoms with Gasteiger partial charge in [0, 0.05) is 28.7 Å². The highest BCUT2D eigenvalue weighted by Crippen LogP contribution is 2.44. The molecule has 0 bridgehead atoms. The van der Waals surface area contributed by atoms with Crippen molar-refractivity contribution in [2.45, 2.75) is 57.7 Å². The number of nitrogens with one attached hydrogen (secondary N) is 1. The summed E-state index contributed by atoms with van der Waals surface area (Å²) in [5, 5.41) is 12.2. The van der Waals surface area contributed by atoms with Crippen LogP contribution in [-0.4, -0.2) is 38.8 Å². The molecule has 1 aliphatic heterocycles. The van der Waals surface area contributed by atoms with E-state index in [9.17, 15) is 14.7 Å². The van der Waals surface area contributed by atoms with Crippen LogP contribution in [0, 0.1) is 0 Å². The first-order chi connectivity index (χ1) is 16.0. The Hall–Kier alpha value is -3.54. The molecule has 2 N–H and O–H groups in total. The van der Waals surface area contributed by atoms with Gasteiger partial charge in [0.05, 0.1) is 17.7 Å². The molecule has 170 valence electrons.